The van der Waals surface area contributed by atoms with Crippen LogP contribution in [0.3, 0.4) is 0 Å². The Morgan fingerprint density at radius 3 is 2.51 bits per heavy atom. The quantitative estimate of drug-likeness (QED) is 0.386. The largest absolute Gasteiger partial charge is 0.420 e. The van der Waals surface area contributed by atoms with Crippen LogP contribution >= 0.6 is 11.3 Å². The smallest absolute Gasteiger partial charge is 0.368 e. The minimum Gasteiger partial charge on any atom is -0.368 e. The van der Waals surface area contributed by atoms with Crippen LogP contribution in [0, 0.1) is 0 Å². The number of amides is 1. The molecule has 3 aromatic rings. The second-order valence-electron chi connectivity index (χ2n) is 11.5. The number of rotatable bonds is 6. The maximum atomic E-state index is 14.1. The lowest BCUT2D eigenvalue weighted by atomic mass is 10.1. The van der Waals surface area contributed by atoms with Crippen molar-refractivity contribution in [2.75, 3.05) is 35.6 Å². The van der Waals surface area contributed by atoms with Crippen molar-refractivity contribution in [2.45, 2.75) is 69.2 Å². The zero-order valence-corrected chi connectivity index (χ0v) is 25.7. The van der Waals surface area contributed by atoms with Crippen LogP contribution in [0.4, 0.5) is 30.5 Å². The number of alkyl halides is 3. The number of nitrogens with one attached hydrogen (secondary N) is 2. The molecule has 2 aliphatic heterocycles. The Labute approximate surface area is 252 Å². The molecule has 2 N–H and O–H groups in total. The number of halogens is 3. The van der Waals surface area contributed by atoms with E-state index in [0.717, 1.165) is 54.6 Å². The number of sulfone groups is 1. The Balaban J connectivity index is 1.36. The molecular weight excluding hydrogens is 601 g/mol. The zero-order valence-electron chi connectivity index (χ0n) is 24.0. The average Bonchev–Trinajstić information content (AvgIpc) is 3.68. The van der Waals surface area contributed by atoms with Gasteiger partial charge in [-0.2, -0.15) is 13.2 Å². The summed E-state index contributed by atoms with van der Waals surface area (Å²) in [6.45, 7) is 8.05. The topological polar surface area (TPSA) is 108 Å². The fraction of sp³-hybridized carbons (Fsp3) is 0.483. The molecule has 3 aliphatic rings. The van der Waals surface area contributed by atoms with Crippen molar-refractivity contribution in [1.29, 1.82) is 0 Å². The van der Waals surface area contributed by atoms with Gasteiger partial charge in [0.15, 0.2) is 9.84 Å². The number of aromatic nitrogens is 2. The molecular formula is C29H33F3N6O3S2. The number of thiophene rings is 1. The molecule has 2 atom stereocenters. The Kier molecular flexibility index (Phi) is 7.66. The molecule has 43 heavy (non-hydrogen) atoms. The van der Waals surface area contributed by atoms with Crippen molar-refractivity contribution >= 4 is 44.4 Å². The van der Waals surface area contributed by atoms with E-state index in [4.69, 9.17) is 0 Å². The highest BCUT2D eigenvalue weighted by Crippen LogP contribution is 2.43. The monoisotopic (exact) mass is 634 g/mol. The first kappa shape index (κ1) is 29.8. The minimum atomic E-state index is -4.80. The van der Waals surface area contributed by atoms with Gasteiger partial charge >= 0.3 is 6.18 Å². The van der Waals surface area contributed by atoms with E-state index >= 15 is 0 Å². The molecule has 2 aromatic heterocycles. The van der Waals surface area contributed by atoms with Gasteiger partial charge in [-0.25, -0.2) is 18.4 Å². The summed E-state index contributed by atoms with van der Waals surface area (Å²) in [5.41, 5.74) is 1.09. The number of hydrogen-bond donors (Lipinski definition) is 2. The third-order valence-electron chi connectivity index (χ3n) is 8.04. The molecule has 14 heteroatoms. The fourth-order valence-corrected chi connectivity index (χ4v) is 8.77. The molecule has 1 amide bonds. The molecule has 1 aliphatic carbocycles. The van der Waals surface area contributed by atoms with Crippen molar-refractivity contribution in [2.24, 2.45) is 0 Å². The number of carbonyl (C=O) groups excluding carboxylic acids is 1. The van der Waals surface area contributed by atoms with Gasteiger partial charge in [-0.05, 0) is 62.9 Å². The van der Waals surface area contributed by atoms with Crippen LogP contribution in [0.1, 0.15) is 54.4 Å². The Morgan fingerprint density at radius 2 is 1.86 bits per heavy atom. The summed E-state index contributed by atoms with van der Waals surface area (Å²) in [6, 6.07) is 7.70. The number of nitrogens with zero attached hydrogens (tertiary/aromatic N) is 4. The lowest BCUT2D eigenvalue weighted by molar-refractivity contribution is -0.137. The average molecular weight is 635 g/mol. The summed E-state index contributed by atoms with van der Waals surface area (Å²) in [7, 11) is -3.87. The molecule has 2 fully saturated rings. The van der Waals surface area contributed by atoms with Crippen molar-refractivity contribution < 1.29 is 26.4 Å². The van der Waals surface area contributed by atoms with Gasteiger partial charge in [0.1, 0.15) is 10.4 Å². The van der Waals surface area contributed by atoms with Gasteiger partial charge in [-0.15, -0.1) is 11.3 Å². The zero-order chi connectivity index (χ0) is 30.7. The van der Waals surface area contributed by atoms with E-state index in [1.54, 1.807) is 0 Å². The third-order valence-corrected chi connectivity index (χ3v) is 11.0. The summed E-state index contributed by atoms with van der Waals surface area (Å²) in [5.74, 6) is -0.799. The molecule has 1 saturated carbocycles. The number of hydrogen-bond acceptors (Lipinski definition) is 9. The molecule has 0 bridgehead atoms. The number of anilines is 3. The first-order chi connectivity index (χ1) is 20.3. The molecule has 0 spiro atoms. The highest BCUT2D eigenvalue weighted by atomic mass is 32.2. The van der Waals surface area contributed by atoms with E-state index < -0.39 is 33.2 Å². The van der Waals surface area contributed by atoms with E-state index in [0.29, 0.717) is 30.4 Å². The summed E-state index contributed by atoms with van der Waals surface area (Å²) in [4.78, 5) is 25.0. The van der Waals surface area contributed by atoms with Gasteiger partial charge in [0.25, 0.3) is 5.91 Å². The summed E-state index contributed by atoms with van der Waals surface area (Å²) in [6.07, 6.45) is -1.87. The second kappa shape index (κ2) is 11.0. The normalized spacial score (nSPS) is 22.3. The van der Waals surface area contributed by atoms with Crippen LogP contribution in [-0.4, -0.2) is 72.7 Å². The summed E-state index contributed by atoms with van der Waals surface area (Å²) >= 11 is 0.733. The maximum absolute atomic E-state index is 14.1. The lowest BCUT2D eigenvalue weighted by Crippen LogP contribution is -2.54. The minimum absolute atomic E-state index is 0.0303. The fourth-order valence-electron chi connectivity index (χ4n) is 5.85. The number of piperazine rings is 1. The Bertz CT molecular complexity index is 1660. The first-order valence-corrected chi connectivity index (χ1v) is 16.8. The lowest BCUT2D eigenvalue weighted by Gasteiger charge is -2.38. The Morgan fingerprint density at radius 1 is 1.14 bits per heavy atom. The first-order valence-electron chi connectivity index (χ1n) is 14.4. The van der Waals surface area contributed by atoms with Gasteiger partial charge in [-0.3, -0.25) is 4.79 Å². The third kappa shape index (κ3) is 5.96. The van der Waals surface area contributed by atoms with Crippen LogP contribution in [0.25, 0.3) is 10.6 Å². The van der Waals surface area contributed by atoms with Gasteiger partial charge in [0, 0.05) is 55.3 Å². The molecule has 1 saturated heterocycles. The predicted molar refractivity (Wildman–Crippen MR) is 160 cm³/mol. The molecule has 0 radical (unpaired) electrons. The van der Waals surface area contributed by atoms with Crippen LogP contribution in [0.15, 0.2) is 35.4 Å². The number of carbonyl (C=O) groups is 1. The van der Waals surface area contributed by atoms with E-state index in [9.17, 15) is 26.4 Å². The second-order valence-corrected chi connectivity index (χ2v) is 14.6. The van der Waals surface area contributed by atoms with Crippen molar-refractivity contribution in [3.8, 4) is 10.6 Å². The molecule has 1 aromatic carbocycles. The molecule has 6 rings (SSSR count). The van der Waals surface area contributed by atoms with Crippen LogP contribution in [0.5, 0.6) is 0 Å². The van der Waals surface area contributed by atoms with Gasteiger partial charge in [0.05, 0.1) is 21.2 Å². The number of fused-ring (bicyclic) bond motifs is 1. The van der Waals surface area contributed by atoms with Gasteiger partial charge in [-0.1, -0.05) is 6.92 Å². The molecule has 4 heterocycles. The standard InChI is InChI=1S/C29H33F3N6O3S2/c1-4-18-11-20(37-14-16(2)34-17(3)15-37)7-8-22(18)35-28-33-13-21(29(30,31)32)25(36-28)23-12-24-26(42-23)27(39)38(19-5-6-19)9-10-43(24,40)41/h7-8,11-13,16-17,19,34H,4-6,9-10,14-15H2,1-3H3,(H,33,35,36)/t16-,17+. The highest BCUT2D eigenvalue weighted by molar-refractivity contribution is 7.91. The number of benzene rings is 1. The van der Waals surface area contributed by atoms with E-state index in [-0.39, 0.29) is 38.9 Å². The molecule has 230 valence electrons. The van der Waals surface area contributed by atoms with Crippen LogP contribution < -0.4 is 15.5 Å². The van der Waals surface area contributed by atoms with Gasteiger partial charge < -0.3 is 20.4 Å². The van der Waals surface area contributed by atoms with E-state index in [1.165, 1.54) is 4.90 Å². The SMILES string of the molecule is CCc1cc(N2C[C@@H](C)N[C@@H](C)C2)ccc1Nc1ncc(C(F)(F)F)c(-c2cc3c(s2)C(=O)N(C2CC2)CCS3(=O)=O)n1. The van der Waals surface area contributed by atoms with Crippen molar-refractivity contribution in [3.63, 3.8) is 0 Å². The van der Waals surface area contributed by atoms with Crippen molar-refractivity contribution in [3.05, 3.63) is 46.5 Å². The van der Waals surface area contributed by atoms with E-state index in [1.807, 2.05) is 19.1 Å². The van der Waals surface area contributed by atoms with Crippen LogP contribution in [0.2, 0.25) is 0 Å². The van der Waals surface area contributed by atoms with Crippen molar-refractivity contribution in [1.82, 2.24) is 20.2 Å². The van der Waals surface area contributed by atoms with E-state index in [2.05, 4.69) is 45.4 Å². The molecule has 0 unspecified atom stereocenters. The summed E-state index contributed by atoms with van der Waals surface area (Å²) in [5, 5.41) is 6.59. The van der Waals surface area contributed by atoms with Crippen LogP contribution in [-0.2, 0) is 22.4 Å². The highest BCUT2D eigenvalue weighted by Gasteiger charge is 2.41. The Hall–Kier alpha value is -3.23. The maximum Gasteiger partial charge on any atom is 0.420 e. The predicted octanol–water partition coefficient (Wildman–Crippen LogP) is 5.11. The molecule has 9 nitrogen and oxygen atoms in total. The van der Waals surface area contributed by atoms with Gasteiger partial charge in [0.2, 0.25) is 5.95 Å². The summed E-state index contributed by atoms with van der Waals surface area (Å²) < 4.78 is 68.6. The number of aryl methyl sites for hydroxylation is 1.